The Hall–Kier alpha value is -1.26. The highest BCUT2D eigenvalue weighted by Crippen LogP contribution is 2.29. The molecular weight excluding hydrogens is 251 g/mol. The fourth-order valence-electron chi connectivity index (χ4n) is 1.63. The van der Waals surface area contributed by atoms with Crippen LogP contribution in [0.3, 0.4) is 0 Å². The molecule has 0 amide bonds. The molecule has 1 unspecified atom stereocenters. The number of benzene rings is 1. The highest BCUT2D eigenvalue weighted by molar-refractivity contribution is 6.40. The molecule has 0 radical (unpaired) electrons. The summed E-state index contributed by atoms with van der Waals surface area (Å²) in [6.45, 7) is 0.434. The van der Waals surface area contributed by atoms with E-state index in [4.69, 9.17) is 28.3 Å². The number of nitrogens with one attached hydrogen (secondary N) is 1. The molecule has 0 spiro atoms. The quantitative estimate of drug-likeness (QED) is 0.855. The zero-order chi connectivity index (χ0) is 11.7. The van der Waals surface area contributed by atoms with Crippen molar-refractivity contribution in [3.05, 3.63) is 33.8 Å². The van der Waals surface area contributed by atoms with Gasteiger partial charge in [-0.1, -0.05) is 29.3 Å². The minimum atomic E-state index is -1.04. The number of nitrogens with zero attached hydrogens (tertiary/aromatic N) is 1. The lowest BCUT2D eigenvalue weighted by atomic mass is 9.95. The first kappa shape index (κ1) is 11.2. The highest BCUT2D eigenvalue weighted by Gasteiger charge is 2.29. The second-order valence-electron chi connectivity index (χ2n) is 3.38. The number of carboxylic acids is 1. The van der Waals surface area contributed by atoms with E-state index in [1.54, 1.807) is 18.2 Å². The second-order valence-corrected chi connectivity index (χ2v) is 4.23. The van der Waals surface area contributed by atoms with Crippen LogP contribution in [0.2, 0.25) is 10.0 Å². The van der Waals surface area contributed by atoms with Crippen molar-refractivity contribution < 1.29 is 9.90 Å². The summed E-state index contributed by atoms with van der Waals surface area (Å²) in [7, 11) is 0. The van der Waals surface area contributed by atoms with Gasteiger partial charge in [0.1, 0.15) is 0 Å². The zero-order valence-corrected chi connectivity index (χ0v) is 9.59. The van der Waals surface area contributed by atoms with E-state index in [2.05, 4.69) is 10.5 Å². The van der Waals surface area contributed by atoms with Gasteiger partial charge in [0, 0.05) is 16.6 Å². The second kappa shape index (κ2) is 4.31. The van der Waals surface area contributed by atoms with Gasteiger partial charge < -0.3 is 10.5 Å². The molecule has 1 atom stereocenters. The summed E-state index contributed by atoms with van der Waals surface area (Å²) < 4.78 is 0. The van der Waals surface area contributed by atoms with Crippen LogP contribution in [-0.2, 0) is 4.79 Å². The zero-order valence-electron chi connectivity index (χ0n) is 8.08. The number of carboxylic acid groups (broad SMARTS) is 1. The number of carbonyl (C=O) groups is 1. The third-order valence-corrected chi connectivity index (χ3v) is 2.94. The number of halogens is 2. The predicted molar refractivity (Wildman–Crippen MR) is 62.3 cm³/mol. The fraction of sp³-hybridized carbons (Fsp3) is 0.200. The molecule has 2 rings (SSSR count). The van der Waals surface area contributed by atoms with Crippen LogP contribution in [0.1, 0.15) is 11.5 Å². The van der Waals surface area contributed by atoms with Crippen LogP contribution in [0.15, 0.2) is 23.3 Å². The van der Waals surface area contributed by atoms with E-state index in [0.717, 1.165) is 5.56 Å². The molecule has 4 nitrogen and oxygen atoms in total. The summed E-state index contributed by atoms with van der Waals surface area (Å²) in [5.41, 5.74) is 3.45. The molecule has 1 aromatic rings. The summed E-state index contributed by atoms with van der Waals surface area (Å²) in [6, 6.07) is 5.00. The first-order valence-corrected chi connectivity index (χ1v) is 5.34. The smallest absolute Gasteiger partial charge is 0.352 e. The molecule has 0 saturated carbocycles. The maximum absolute atomic E-state index is 10.9. The Morgan fingerprint density at radius 1 is 1.50 bits per heavy atom. The molecule has 1 aliphatic heterocycles. The van der Waals surface area contributed by atoms with E-state index in [0.29, 0.717) is 16.6 Å². The Morgan fingerprint density at radius 3 is 2.88 bits per heavy atom. The third kappa shape index (κ3) is 1.99. The lowest BCUT2D eigenvalue weighted by Crippen LogP contribution is -2.21. The van der Waals surface area contributed by atoms with E-state index in [9.17, 15) is 4.79 Å². The van der Waals surface area contributed by atoms with Gasteiger partial charge in [0.15, 0.2) is 5.71 Å². The molecule has 0 bridgehead atoms. The van der Waals surface area contributed by atoms with Crippen molar-refractivity contribution >= 4 is 34.9 Å². The van der Waals surface area contributed by atoms with Crippen LogP contribution >= 0.6 is 23.2 Å². The first-order chi connectivity index (χ1) is 7.59. The predicted octanol–water partition coefficient (Wildman–Crippen LogP) is 2.12. The molecule has 2 N–H and O–H groups in total. The molecular formula is C10H8Cl2N2O2. The van der Waals surface area contributed by atoms with Crippen molar-refractivity contribution in [2.24, 2.45) is 5.10 Å². The molecule has 1 aliphatic rings. The normalized spacial score (nSPS) is 19.1. The minimum absolute atomic E-state index is 0.0734. The Labute approximate surface area is 102 Å². The van der Waals surface area contributed by atoms with Crippen LogP contribution in [0.5, 0.6) is 0 Å². The van der Waals surface area contributed by atoms with Gasteiger partial charge in [0.2, 0.25) is 0 Å². The van der Waals surface area contributed by atoms with Crippen LogP contribution < -0.4 is 5.43 Å². The van der Waals surface area contributed by atoms with Gasteiger partial charge in [0.05, 0.1) is 5.92 Å². The molecule has 84 valence electrons. The Balaban J connectivity index is 2.38. The fourth-order valence-corrected chi connectivity index (χ4v) is 2.18. The van der Waals surface area contributed by atoms with Crippen molar-refractivity contribution in [1.82, 2.24) is 5.43 Å². The topological polar surface area (TPSA) is 61.7 Å². The number of hydrazone groups is 1. The maximum atomic E-state index is 10.9. The van der Waals surface area contributed by atoms with Crippen LogP contribution in [0.4, 0.5) is 0 Å². The van der Waals surface area contributed by atoms with E-state index in [1.807, 2.05) is 0 Å². The average molecular weight is 259 g/mol. The summed E-state index contributed by atoms with van der Waals surface area (Å²) in [4.78, 5) is 10.9. The van der Waals surface area contributed by atoms with Gasteiger partial charge in [-0.15, -0.1) is 0 Å². The highest BCUT2D eigenvalue weighted by atomic mass is 35.5. The molecule has 0 aliphatic carbocycles. The summed E-state index contributed by atoms with van der Waals surface area (Å²) in [6.07, 6.45) is 0. The lowest BCUT2D eigenvalue weighted by Gasteiger charge is -2.11. The van der Waals surface area contributed by atoms with Crippen LogP contribution in [0, 0.1) is 0 Å². The summed E-state index contributed by atoms with van der Waals surface area (Å²) >= 11 is 11.8. The molecule has 1 heterocycles. The molecule has 16 heavy (non-hydrogen) atoms. The van der Waals surface area contributed by atoms with Gasteiger partial charge in [-0.3, -0.25) is 0 Å². The number of rotatable bonds is 2. The summed E-state index contributed by atoms with van der Waals surface area (Å²) in [5, 5.41) is 13.7. The number of hydrogen-bond acceptors (Lipinski definition) is 3. The SMILES string of the molecule is O=C(O)C1=NNCC1c1ccc(Cl)cc1Cl. The Bertz CT molecular complexity index is 474. The molecule has 1 aromatic carbocycles. The lowest BCUT2D eigenvalue weighted by molar-refractivity contribution is -0.129. The minimum Gasteiger partial charge on any atom is -0.477 e. The van der Waals surface area contributed by atoms with Gasteiger partial charge in [-0.25, -0.2) is 4.79 Å². The molecule has 6 heteroatoms. The van der Waals surface area contributed by atoms with E-state index in [-0.39, 0.29) is 11.6 Å². The van der Waals surface area contributed by atoms with Gasteiger partial charge >= 0.3 is 5.97 Å². The van der Waals surface area contributed by atoms with Crippen molar-refractivity contribution in [1.29, 1.82) is 0 Å². The van der Waals surface area contributed by atoms with Crippen LogP contribution in [0.25, 0.3) is 0 Å². The average Bonchev–Trinajstić information content (AvgIpc) is 2.66. The van der Waals surface area contributed by atoms with Crippen molar-refractivity contribution in [2.75, 3.05) is 6.54 Å². The number of aliphatic carboxylic acids is 1. The van der Waals surface area contributed by atoms with E-state index in [1.165, 1.54) is 0 Å². The largest absolute Gasteiger partial charge is 0.477 e. The Morgan fingerprint density at radius 2 is 2.25 bits per heavy atom. The van der Waals surface area contributed by atoms with Crippen LogP contribution in [-0.4, -0.2) is 23.3 Å². The van der Waals surface area contributed by atoms with Gasteiger partial charge in [-0.2, -0.15) is 5.10 Å². The third-order valence-electron chi connectivity index (χ3n) is 2.38. The molecule has 0 fully saturated rings. The Kier molecular flexibility index (Phi) is 3.03. The first-order valence-electron chi connectivity index (χ1n) is 4.58. The van der Waals surface area contributed by atoms with E-state index < -0.39 is 5.97 Å². The van der Waals surface area contributed by atoms with Crippen molar-refractivity contribution in [2.45, 2.75) is 5.92 Å². The summed E-state index contributed by atoms with van der Waals surface area (Å²) in [5.74, 6) is -1.37. The monoisotopic (exact) mass is 258 g/mol. The van der Waals surface area contributed by atoms with E-state index >= 15 is 0 Å². The van der Waals surface area contributed by atoms with Crippen molar-refractivity contribution in [3.63, 3.8) is 0 Å². The van der Waals surface area contributed by atoms with Gasteiger partial charge in [0.25, 0.3) is 0 Å². The maximum Gasteiger partial charge on any atom is 0.352 e. The standard InChI is InChI=1S/C10H8Cl2N2O2/c11-5-1-2-6(8(12)3-5)7-4-13-14-9(7)10(15)16/h1-3,7,13H,4H2,(H,15,16). The molecule has 0 aromatic heterocycles. The van der Waals surface area contributed by atoms with Gasteiger partial charge in [-0.05, 0) is 17.7 Å². The number of hydrogen-bond donors (Lipinski definition) is 2. The van der Waals surface area contributed by atoms with Crippen molar-refractivity contribution in [3.8, 4) is 0 Å². The molecule has 0 saturated heterocycles.